The maximum atomic E-state index is 12.8. The first-order chi connectivity index (χ1) is 7.15. The lowest BCUT2D eigenvalue weighted by atomic mass is 10.00. The zero-order chi connectivity index (χ0) is 10.8. The number of carboxylic acids is 1. The molecule has 0 spiro atoms. The summed E-state index contributed by atoms with van der Waals surface area (Å²) in [5, 5.41) is 8.67. The molecule has 0 bridgehead atoms. The van der Waals surface area contributed by atoms with Gasteiger partial charge in [-0.3, -0.25) is 9.69 Å². The van der Waals surface area contributed by atoms with Gasteiger partial charge in [-0.05, 0) is 11.6 Å². The molecule has 1 heterocycles. The molecule has 0 unspecified atom stereocenters. The van der Waals surface area contributed by atoms with Crippen molar-refractivity contribution in [1.29, 1.82) is 0 Å². The monoisotopic (exact) mass is 208 g/mol. The van der Waals surface area contributed by atoms with Gasteiger partial charge in [0.05, 0.1) is 5.92 Å². The van der Waals surface area contributed by atoms with Gasteiger partial charge in [0, 0.05) is 25.7 Å². The standard InChI is InChI=1S/C11H11FNO2/c12-10-3-1-2-8(4-10)5-13-6-9(7-13)11(14)15/h1-2,4,9H,5-7H2,(H,14,15). The third-order valence-corrected chi connectivity index (χ3v) is 2.54. The normalized spacial score (nSPS) is 17.4. The summed E-state index contributed by atoms with van der Waals surface area (Å²) in [7, 11) is 0. The SMILES string of the molecule is O=C(O)C1CN(Cc2cc[c]c(F)c2)C1. The second-order valence-corrected chi connectivity index (χ2v) is 3.77. The summed E-state index contributed by atoms with van der Waals surface area (Å²) in [5.41, 5.74) is 0.857. The van der Waals surface area contributed by atoms with E-state index in [2.05, 4.69) is 6.07 Å². The molecule has 3 nitrogen and oxygen atoms in total. The van der Waals surface area contributed by atoms with Gasteiger partial charge in [-0.1, -0.05) is 12.1 Å². The van der Waals surface area contributed by atoms with Crippen LogP contribution in [0.1, 0.15) is 5.56 Å². The molecular weight excluding hydrogens is 197 g/mol. The van der Waals surface area contributed by atoms with Gasteiger partial charge in [-0.25, -0.2) is 4.39 Å². The first-order valence-corrected chi connectivity index (χ1v) is 4.76. The topological polar surface area (TPSA) is 40.5 Å². The second-order valence-electron chi connectivity index (χ2n) is 3.77. The second kappa shape index (κ2) is 3.98. The van der Waals surface area contributed by atoms with Crippen LogP contribution in [0.5, 0.6) is 0 Å². The van der Waals surface area contributed by atoms with E-state index in [9.17, 15) is 9.18 Å². The molecule has 1 aromatic carbocycles. The summed E-state index contributed by atoms with van der Waals surface area (Å²) in [5.74, 6) is -1.38. The summed E-state index contributed by atoms with van der Waals surface area (Å²) >= 11 is 0. The van der Waals surface area contributed by atoms with E-state index in [0.29, 0.717) is 19.6 Å². The lowest BCUT2D eigenvalue weighted by Crippen LogP contribution is -2.49. The van der Waals surface area contributed by atoms with Crippen molar-refractivity contribution in [2.24, 2.45) is 5.92 Å². The minimum absolute atomic E-state index is 0.259. The Morgan fingerprint density at radius 3 is 3.00 bits per heavy atom. The van der Waals surface area contributed by atoms with Gasteiger partial charge in [0.2, 0.25) is 0 Å². The summed E-state index contributed by atoms with van der Waals surface area (Å²) in [4.78, 5) is 12.5. The highest BCUT2D eigenvalue weighted by molar-refractivity contribution is 5.71. The van der Waals surface area contributed by atoms with E-state index >= 15 is 0 Å². The molecule has 0 aliphatic carbocycles. The molecule has 1 aromatic rings. The van der Waals surface area contributed by atoms with Crippen molar-refractivity contribution in [3.8, 4) is 0 Å². The Balaban J connectivity index is 1.87. The number of carbonyl (C=O) groups is 1. The van der Waals surface area contributed by atoms with Crippen molar-refractivity contribution < 1.29 is 14.3 Å². The number of carboxylic acid groups (broad SMARTS) is 1. The van der Waals surface area contributed by atoms with E-state index in [-0.39, 0.29) is 11.7 Å². The quantitative estimate of drug-likeness (QED) is 0.809. The molecule has 0 atom stereocenters. The molecule has 4 heteroatoms. The molecule has 1 aliphatic rings. The Bertz CT molecular complexity index is 375. The van der Waals surface area contributed by atoms with E-state index in [1.807, 2.05) is 4.90 Å². The molecule has 1 fully saturated rings. The summed E-state index contributed by atoms with van der Waals surface area (Å²) in [6.07, 6.45) is 0. The van der Waals surface area contributed by atoms with Crippen LogP contribution in [0.3, 0.4) is 0 Å². The van der Waals surface area contributed by atoms with Crippen molar-refractivity contribution >= 4 is 5.97 Å². The Hall–Kier alpha value is -1.42. The Kier molecular flexibility index (Phi) is 2.68. The van der Waals surface area contributed by atoms with Gasteiger partial charge >= 0.3 is 5.97 Å². The maximum absolute atomic E-state index is 12.8. The highest BCUT2D eigenvalue weighted by Crippen LogP contribution is 2.18. The van der Waals surface area contributed by atoms with E-state index in [1.165, 1.54) is 6.07 Å². The highest BCUT2D eigenvalue weighted by atomic mass is 19.1. The highest BCUT2D eigenvalue weighted by Gasteiger charge is 2.32. The van der Waals surface area contributed by atoms with Crippen molar-refractivity contribution in [3.63, 3.8) is 0 Å². The summed E-state index contributed by atoms with van der Waals surface area (Å²) in [6.45, 7) is 1.71. The van der Waals surface area contributed by atoms with Crippen molar-refractivity contribution in [2.75, 3.05) is 13.1 Å². The number of hydrogen-bond donors (Lipinski definition) is 1. The van der Waals surface area contributed by atoms with Crippen LogP contribution in [0.25, 0.3) is 0 Å². The van der Waals surface area contributed by atoms with Crippen LogP contribution < -0.4 is 0 Å². The summed E-state index contributed by atoms with van der Waals surface area (Å²) < 4.78 is 12.8. The fourth-order valence-electron chi connectivity index (χ4n) is 1.69. The van der Waals surface area contributed by atoms with Crippen LogP contribution in [-0.2, 0) is 11.3 Å². The van der Waals surface area contributed by atoms with Crippen LogP contribution in [0.2, 0.25) is 0 Å². The maximum Gasteiger partial charge on any atom is 0.309 e. The molecule has 79 valence electrons. The fourth-order valence-corrected chi connectivity index (χ4v) is 1.69. The number of benzene rings is 1. The van der Waals surface area contributed by atoms with Gasteiger partial charge in [0.1, 0.15) is 5.82 Å². The lowest BCUT2D eigenvalue weighted by molar-refractivity contribution is -0.147. The average Bonchev–Trinajstić information content (AvgIpc) is 2.10. The molecule has 1 N–H and O–H groups in total. The molecule has 15 heavy (non-hydrogen) atoms. The van der Waals surface area contributed by atoms with Crippen LogP contribution in [0, 0.1) is 17.8 Å². The molecule has 1 saturated heterocycles. The number of aliphatic carboxylic acids is 1. The van der Waals surface area contributed by atoms with Gasteiger partial charge in [0.25, 0.3) is 0 Å². The third kappa shape index (κ3) is 2.33. The lowest BCUT2D eigenvalue weighted by Gasteiger charge is -2.36. The minimum atomic E-state index is -0.751. The van der Waals surface area contributed by atoms with Crippen LogP contribution >= 0.6 is 0 Å². The third-order valence-electron chi connectivity index (χ3n) is 2.54. The van der Waals surface area contributed by atoms with Crippen molar-refractivity contribution in [3.05, 3.63) is 35.6 Å². The molecule has 2 rings (SSSR count). The minimum Gasteiger partial charge on any atom is -0.481 e. The number of hydrogen-bond acceptors (Lipinski definition) is 2. The zero-order valence-corrected chi connectivity index (χ0v) is 8.11. The Labute approximate surface area is 87.1 Å². The van der Waals surface area contributed by atoms with Crippen molar-refractivity contribution in [1.82, 2.24) is 4.90 Å². The van der Waals surface area contributed by atoms with Crippen LogP contribution in [-0.4, -0.2) is 29.1 Å². The van der Waals surface area contributed by atoms with Gasteiger partial charge in [-0.15, -0.1) is 0 Å². The number of rotatable bonds is 3. The number of halogens is 1. The summed E-state index contributed by atoms with van der Waals surface area (Å²) in [6, 6.07) is 7.18. The van der Waals surface area contributed by atoms with E-state index < -0.39 is 5.97 Å². The first-order valence-electron chi connectivity index (χ1n) is 4.76. The zero-order valence-electron chi connectivity index (χ0n) is 8.11. The predicted molar refractivity (Wildman–Crippen MR) is 51.6 cm³/mol. The predicted octanol–water partition coefficient (Wildman–Crippen LogP) is 1.14. The number of nitrogens with zero attached hydrogens (tertiary/aromatic N) is 1. The molecule has 0 aromatic heterocycles. The molecular formula is C11H11FNO2. The van der Waals surface area contributed by atoms with Gasteiger partial charge in [-0.2, -0.15) is 0 Å². The first kappa shape index (κ1) is 10.1. The van der Waals surface area contributed by atoms with E-state index in [4.69, 9.17) is 5.11 Å². The fraction of sp³-hybridized carbons (Fsp3) is 0.364. The van der Waals surface area contributed by atoms with Crippen molar-refractivity contribution in [2.45, 2.75) is 6.54 Å². The average molecular weight is 208 g/mol. The van der Waals surface area contributed by atoms with Gasteiger partial charge in [0.15, 0.2) is 0 Å². The van der Waals surface area contributed by atoms with E-state index in [1.54, 1.807) is 12.1 Å². The molecule has 0 saturated carbocycles. The Morgan fingerprint density at radius 1 is 1.67 bits per heavy atom. The molecule has 1 aliphatic heterocycles. The smallest absolute Gasteiger partial charge is 0.309 e. The van der Waals surface area contributed by atoms with Crippen LogP contribution in [0.4, 0.5) is 4.39 Å². The largest absolute Gasteiger partial charge is 0.481 e. The molecule has 0 amide bonds. The number of likely N-dealkylation sites (tertiary alicyclic amines) is 1. The van der Waals surface area contributed by atoms with Gasteiger partial charge < -0.3 is 5.11 Å². The Morgan fingerprint density at radius 2 is 2.40 bits per heavy atom. The van der Waals surface area contributed by atoms with E-state index in [0.717, 1.165) is 5.56 Å². The molecule has 1 radical (unpaired) electrons. The van der Waals surface area contributed by atoms with Crippen LogP contribution in [0.15, 0.2) is 18.2 Å².